The molecule has 116 valence electrons. The monoisotopic (exact) mass is 319 g/mol. The zero-order valence-electron chi connectivity index (χ0n) is 12.2. The minimum atomic E-state index is -1.02. The summed E-state index contributed by atoms with van der Waals surface area (Å²) in [5.41, 5.74) is 0.630. The van der Waals surface area contributed by atoms with Crippen LogP contribution in [-0.4, -0.2) is 49.2 Å². The van der Waals surface area contributed by atoms with E-state index < -0.39 is 5.92 Å². The molecule has 6 nitrogen and oxygen atoms in total. The van der Waals surface area contributed by atoms with E-state index in [1.165, 1.54) is 0 Å². The molecule has 1 aliphatic rings. The van der Waals surface area contributed by atoms with Crippen LogP contribution in [0.5, 0.6) is 5.75 Å². The Hall–Kier alpha value is -2.17. The normalized spacial score (nSPS) is 15.5. The molecule has 0 saturated carbocycles. The maximum Gasteiger partial charge on any atom is 0.247 e. The highest BCUT2D eigenvalue weighted by atomic mass is 32.1. The summed E-state index contributed by atoms with van der Waals surface area (Å²) in [6, 6.07) is 9.18. The zero-order valence-corrected chi connectivity index (χ0v) is 13.1. The molecule has 1 fully saturated rings. The molecule has 1 heterocycles. The van der Waals surface area contributed by atoms with Crippen LogP contribution in [0.25, 0.3) is 0 Å². The van der Waals surface area contributed by atoms with Crippen molar-refractivity contribution in [3.8, 4) is 11.8 Å². The van der Waals surface area contributed by atoms with Gasteiger partial charge in [-0.1, -0.05) is 24.4 Å². The highest BCUT2D eigenvalue weighted by Crippen LogP contribution is 2.24. The van der Waals surface area contributed by atoms with Gasteiger partial charge in [0.05, 0.1) is 32.1 Å². The molecule has 7 heteroatoms. The molecule has 0 aliphatic carbocycles. The number of ether oxygens (including phenoxy) is 2. The molecule has 2 rings (SSSR count). The van der Waals surface area contributed by atoms with Crippen LogP contribution < -0.4 is 10.1 Å². The molecule has 1 saturated heterocycles. The Morgan fingerprint density at radius 2 is 2.14 bits per heavy atom. The van der Waals surface area contributed by atoms with Crippen LogP contribution in [0.1, 0.15) is 0 Å². The molecule has 1 aromatic rings. The van der Waals surface area contributed by atoms with Crippen LogP contribution in [0.4, 0.5) is 5.69 Å². The largest absolute Gasteiger partial charge is 0.495 e. The standard InChI is InChI=1S/C15H17N3O3S/c1-20-13-5-3-2-4-12(13)17-14(22)11(10-16)15(19)18-6-8-21-9-7-18/h2-5,11H,6-9H2,1H3,(H,17,22)/t11-/m0/s1. The average molecular weight is 319 g/mol. The Balaban J connectivity index is 2.08. The van der Waals surface area contributed by atoms with Gasteiger partial charge < -0.3 is 19.7 Å². The molecule has 0 spiro atoms. The van der Waals surface area contributed by atoms with E-state index in [1.54, 1.807) is 24.1 Å². The fraction of sp³-hybridized carbons (Fsp3) is 0.400. The lowest BCUT2D eigenvalue weighted by molar-refractivity contribution is -0.135. The van der Waals surface area contributed by atoms with E-state index in [4.69, 9.17) is 21.7 Å². The number of methoxy groups -OCH3 is 1. The summed E-state index contributed by atoms with van der Waals surface area (Å²) in [5, 5.41) is 12.3. The second kappa shape index (κ2) is 7.73. The van der Waals surface area contributed by atoms with Crippen molar-refractivity contribution >= 4 is 28.8 Å². The zero-order chi connectivity index (χ0) is 15.9. The molecule has 1 atom stereocenters. The predicted molar refractivity (Wildman–Crippen MR) is 85.7 cm³/mol. The maximum absolute atomic E-state index is 12.4. The second-order valence-corrected chi connectivity index (χ2v) is 5.13. The van der Waals surface area contributed by atoms with Gasteiger partial charge in [-0.3, -0.25) is 4.79 Å². The number of benzene rings is 1. The van der Waals surface area contributed by atoms with Crippen molar-refractivity contribution < 1.29 is 14.3 Å². The van der Waals surface area contributed by atoms with E-state index in [1.807, 2.05) is 18.2 Å². The number of anilines is 1. The number of thiocarbonyl (C=S) groups is 1. The van der Waals surface area contributed by atoms with E-state index in [0.29, 0.717) is 37.7 Å². The van der Waals surface area contributed by atoms with Crippen LogP contribution in [0.15, 0.2) is 24.3 Å². The highest BCUT2D eigenvalue weighted by molar-refractivity contribution is 7.80. The number of nitriles is 1. The van der Waals surface area contributed by atoms with Gasteiger partial charge in [-0.15, -0.1) is 0 Å². The first kappa shape index (κ1) is 16.2. The Bertz CT molecular complexity index is 594. The smallest absolute Gasteiger partial charge is 0.247 e. The van der Waals surface area contributed by atoms with Crippen LogP contribution in [-0.2, 0) is 9.53 Å². The molecular weight excluding hydrogens is 302 g/mol. The molecule has 0 aromatic heterocycles. The summed E-state index contributed by atoms with van der Waals surface area (Å²) in [6.45, 7) is 1.93. The predicted octanol–water partition coefficient (Wildman–Crippen LogP) is 1.43. The minimum Gasteiger partial charge on any atom is -0.495 e. The molecular formula is C15H17N3O3S. The number of nitrogens with one attached hydrogen (secondary N) is 1. The summed E-state index contributed by atoms with van der Waals surface area (Å²) in [6.07, 6.45) is 0. The van der Waals surface area contributed by atoms with Gasteiger partial charge in [-0.05, 0) is 12.1 Å². The average Bonchev–Trinajstić information content (AvgIpc) is 2.56. The van der Waals surface area contributed by atoms with Crippen LogP contribution in [0, 0.1) is 17.2 Å². The molecule has 1 aromatic carbocycles. The quantitative estimate of drug-likeness (QED) is 0.846. The number of morpholine rings is 1. The van der Waals surface area contributed by atoms with Gasteiger partial charge in [-0.25, -0.2) is 0 Å². The highest BCUT2D eigenvalue weighted by Gasteiger charge is 2.29. The number of carbonyl (C=O) groups excluding carboxylic acids is 1. The SMILES string of the molecule is COc1ccccc1NC(=S)[C@H](C#N)C(=O)N1CCOCC1. The van der Waals surface area contributed by atoms with Crippen molar-refractivity contribution in [2.45, 2.75) is 0 Å². The first-order valence-corrected chi connectivity index (χ1v) is 7.28. The van der Waals surface area contributed by atoms with Gasteiger partial charge in [0, 0.05) is 13.1 Å². The summed E-state index contributed by atoms with van der Waals surface area (Å²) in [5.74, 6) is -0.712. The van der Waals surface area contributed by atoms with Gasteiger partial charge in [0.25, 0.3) is 0 Å². The molecule has 1 amide bonds. The van der Waals surface area contributed by atoms with Crippen LogP contribution >= 0.6 is 12.2 Å². The minimum absolute atomic E-state index is 0.170. The number of para-hydroxylation sites is 2. The molecule has 22 heavy (non-hydrogen) atoms. The van der Waals surface area contributed by atoms with E-state index >= 15 is 0 Å². The third-order valence-electron chi connectivity index (χ3n) is 3.33. The summed E-state index contributed by atoms with van der Waals surface area (Å²) < 4.78 is 10.4. The summed E-state index contributed by atoms with van der Waals surface area (Å²) in [7, 11) is 1.55. The van der Waals surface area contributed by atoms with Crippen molar-refractivity contribution in [3.05, 3.63) is 24.3 Å². The van der Waals surface area contributed by atoms with Gasteiger partial charge in [-0.2, -0.15) is 5.26 Å². The molecule has 0 bridgehead atoms. The second-order valence-electron chi connectivity index (χ2n) is 4.69. The summed E-state index contributed by atoms with van der Waals surface area (Å²) >= 11 is 5.24. The molecule has 0 radical (unpaired) electrons. The van der Waals surface area contributed by atoms with Gasteiger partial charge in [0.2, 0.25) is 5.91 Å². The molecule has 0 unspecified atom stereocenters. The number of carbonyl (C=O) groups is 1. The first-order valence-electron chi connectivity index (χ1n) is 6.87. The summed E-state index contributed by atoms with van der Waals surface area (Å²) in [4.78, 5) is 14.2. The Morgan fingerprint density at radius 3 is 2.77 bits per heavy atom. The Kier molecular flexibility index (Phi) is 5.69. The Morgan fingerprint density at radius 1 is 1.45 bits per heavy atom. The van der Waals surface area contributed by atoms with E-state index in [0.717, 1.165) is 0 Å². The lowest BCUT2D eigenvalue weighted by Crippen LogP contribution is -2.46. The third-order valence-corrected chi connectivity index (χ3v) is 3.66. The van der Waals surface area contributed by atoms with Crippen molar-refractivity contribution in [2.75, 3.05) is 38.7 Å². The maximum atomic E-state index is 12.4. The number of amides is 1. The van der Waals surface area contributed by atoms with E-state index in [9.17, 15) is 10.1 Å². The topological polar surface area (TPSA) is 74.6 Å². The van der Waals surface area contributed by atoms with E-state index in [2.05, 4.69) is 5.32 Å². The number of hydrogen-bond acceptors (Lipinski definition) is 5. The van der Waals surface area contributed by atoms with Crippen LogP contribution in [0.3, 0.4) is 0 Å². The van der Waals surface area contributed by atoms with Crippen molar-refractivity contribution in [2.24, 2.45) is 5.92 Å². The van der Waals surface area contributed by atoms with Crippen molar-refractivity contribution in [3.63, 3.8) is 0 Å². The van der Waals surface area contributed by atoms with Gasteiger partial charge >= 0.3 is 0 Å². The number of nitrogens with zero attached hydrogens (tertiary/aromatic N) is 2. The lowest BCUT2D eigenvalue weighted by Gasteiger charge is -2.28. The Labute approximate surface area is 134 Å². The number of rotatable bonds is 4. The van der Waals surface area contributed by atoms with Gasteiger partial charge in [0.1, 0.15) is 10.7 Å². The van der Waals surface area contributed by atoms with E-state index in [-0.39, 0.29) is 10.9 Å². The third kappa shape index (κ3) is 3.72. The van der Waals surface area contributed by atoms with Gasteiger partial charge in [0.15, 0.2) is 5.92 Å². The van der Waals surface area contributed by atoms with Crippen molar-refractivity contribution in [1.29, 1.82) is 5.26 Å². The fourth-order valence-electron chi connectivity index (χ4n) is 2.15. The fourth-order valence-corrected chi connectivity index (χ4v) is 2.41. The molecule has 1 N–H and O–H groups in total. The number of hydrogen-bond donors (Lipinski definition) is 1. The first-order chi connectivity index (χ1) is 10.7. The lowest BCUT2D eigenvalue weighted by atomic mass is 10.1. The van der Waals surface area contributed by atoms with Crippen LogP contribution in [0.2, 0.25) is 0 Å². The molecule has 1 aliphatic heterocycles. The van der Waals surface area contributed by atoms with Crippen molar-refractivity contribution in [1.82, 2.24) is 4.90 Å².